The van der Waals surface area contributed by atoms with E-state index in [4.69, 9.17) is 9.47 Å². The minimum absolute atomic E-state index is 0.158. The van der Waals surface area contributed by atoms with E-state index in [1.807, 2.05) is 51.6 Å². The highest BCUT2D eigenvalue weighted by molar-refractivity contribution is 6.10. The summed E-state index contributed by atoms with van der Waals surface area (Å²) in [7, 11) is 1.91. The predicted octanol–water partition coefficient (Wildman–Crippen LogP) is 3.78. The summed E-state index contributed by atoms with van der Waals surface area (Å²) in [6, 6.07) is 11.2. The Morgan fingerprint density at radius 3 is 2.47 bits per heavy atom. The zero-order valence-electron chi connectivity index (χ0n) is 18.9. The number of guanidine groups is 1. The lowest BCUT2D eigenvalue weighted by atomic mass is 10.1. The van der Waals surface area contributed by atoms with Gasteiger partial charge < -0.3 is 14.8 Å². The summed E-state index contributed by atoms with van der Waals surface area (Å²) in [4.78, 5) is 17.7. The fourth-order valence-electron chi connectivity index (χ4n) is 3.72. The molecule has 32 heavy (non-hydrogen) atoms. The molecule has 166 valence electrons. The molecule has 1 aliphatic rings. The molecule has 1 amide bonds. The standard InChI is InChI=1S/C24H27N5O3/c1-14-8-15(2)10-19(9-14)26-24(25-12-20-16(3)28-29(5)17(20)4)27-23(30)18-6-7-21-22(11-18)32-13-31-21/h6-11H,12-13H2,1-5H3,(H2,25,26,27,30). The third kappa shape index (κ3) is 4.59. The Labute approximate surface area is 187 Å². The number of aryl methyl sites for hydroxylation is 4. The number of hydrogen-bond acceptors (Lipinski definition) is 5. The first-order valence-corrected chi connectivity index (χ1v) is 10.4. The van der Waals surface area contributed by atoms with Crippen LogP contribution in [0.5, 0.6) is 11.5 Å². The first-order chi connectivity index (χ1) is 15.3. The molecule has 2 N–H and O–H groups in total. The van der Waals surface area contributed by atoms with Crippen LogP contribution >= 0.6 is 0 Å². The highest BCUT2D eigenvalue weighted by Gasteiger charge is 2.18. The first-order valence-electron chi connectivity index (χ1n) is 10.4. The number of aliphatic imine (C=N–C) groups is 1. The molecule has 4 rings (SSSR count). The van der Waals surface area contributed by atoms with Crippen molar-refractivity contribution < 1.29 is 14.3 Å². The number of rotatable bonds is 4. The van der Waals surface area contributed by atoms with Gasteiger partial charge in [0, 0.05) is 29.6 Å². The van der Waals surface area contributed by atoms with Crippen molar-refractivity contribution in [3.05, 3.63) is 70.0 Å². The quantitative estimate of drug-likeness (QED) is 0.483. The van der Waals surface area contributed by atoms with Gasteiger partial charge in [-0.15, -0.1) is 0 Å². The molecule has 0 atom stereocenters. The number of carbonyl (C=O) groups excluding carboxylic acids is 1. The number of fused-ring (bicyclic) bond motifs is 1. The minimum atomic E-state index is -0.293. The van der Waals surface area contributed by atoms with Crippen molar-refractivity contribution in [2.24, 2.45) is 12.0 Å². The second-order valence-electron chi connectivity index (χ2n) is 7.96. The van der Waals surface area contributed by atoms with Gasteiger partial charge in [0.1, 0.15) is 0 Å². The summed E-state index contributed by atoms with van der Waals surface area (Å²) in [6.45, 7) is 8.57. The molecule has 8 heteroatoms. The molecular weight excluding hydrogens is 406 g/mol. The zero-order chi connectivity index (χ0) is 22.8. The monoisotopic (exact) mass is 433 g/mol. The number of benzene rings is 2. The van der Waals surface area contributed by atoms with Crippen molar-refractivity contribution >= 4 is 17.6 Å². The third-order valence-electron chi connectivity index (χ3n) is 5.41. The van der Waals surface area contributed by atoms with Gasteiger partial charge in [-0.25, -0.2) is 4.99 Å². The Hall–Kier alpha value is -3.81. The topological polar surface area (TPSA) is 89.8 Å². The smallest absolute Gasteiger partial charge is 0.258 e. The maximum atomic E-state index is 13.0. The third-order valence-corrected chi connectivity index (χ3v) is 5.41. The number of aromatic nitrogens is 2. The lowest BCUT2D eigenvalue weighted by Gasteiger charge is -2.13. The van der Waals surface area contributed by atoms with Gasteiger partial charge in [-0.1, -0.05) is 6.07 Å². The molecule has 1 aromatic heterocycles. The van der Waals surface area contributed by atoms with Gasteiger partial charge in [0.25, 0.3) is 5.91 Å². The number of hydrogen-bond donors (Lipinski definition) is 2. The van der Waals surface area contributed by atoms with Gasteiger partial charge in [-0.05, 0) is 69.2 Å². The Morgan fingerprint density at radius 1 is 1.06 bits per heavy atom. The van der Waals surface area contributed by atoms with Gasteiger partial charge in [0.2, 0.25) is 12.8 Å². The number of ether oxygens (including phenoxy) is 2. The molecule has 0 unspecified atom stereocenters. The molecule has 1 aliphatic heterocycles. The SMILES string of the molecule is Cc1cc(C)cc(NC(=NCc2c(C)nn(C)c2C)NC(=O)c2ccc3c(c2)OCO3)c1. The molecule has 0 spiro atoms. The van der Waals surface area contributed by atoms with Crippen LogP contribution in [0.3, 0.4) is 0 Å². The van der Waals surface area contributed by atoms with Crippen molar-refractivity contribution in [2.45, 2.75) is 34.2 Å². The number of nitrogens with one attached hydrogen (secondary N) is 2. The van der Waals surface area contributed by atoms with Crippen LogP contribution in [-0.2, 0) is 13.6 Å². The molecule has 0 aliphatic carbocycles. The minimum Gasteiger partial charge on any atom is -0.454 e. The molecule has 0 radical (unpaired) electrons. The number of nitrogens with zero attached hydrogens (tertiary/aromatic N) is 3. The maximum Gasteiger partial charge on any atom is 0.258 e. The van der Waals surface area contributed by atoms with E-state index in [0.29, 0.717) is 29.6 Å². The van der Waals surface area contributed by atoms with Gasteiger partial charge in [-0.2, -0.15) is 5.10 Å². The zero-order valence-corrected chi connectivity index (χ0v) is 18.9. The van der Waals surface area contributed by atoms with Crippen LogP contribution in [0.15, 0.2) is 41.4 Å². The van der Waals surface area contributed by atoms with Crippen LogP contribution < -0.4 is 20.1 Å². The van der Waals surface area contributed by atoms with E-state index in [1.54, 1.807) is 18.2 Å². The average Bonchev–Trinajstić information content (AvgIpc) is 3.29. The van der Waals surface area contributed by atoms with Gasteiger partial charge in [0.15, 0.2) is 11.5 Å². The van der Waals surface area contributed by atoms with E-state index in [2.05, 4.69) is 26.8 Å². The highest BCUT2D eigenvalue weighted by atomic mass is 16.7. The Bertz CT molecular complexity index is 1190. The van der Waals surface area contributed by atoms with E-state index in [9.17, 15) is 4.79 Å². The molecule has 8 nitrogen and oxygen atoms in total. The molecule has 3 aromatic rings. The second kappa shape index (κ2) is 8.74. The Balaban J connectivity index is 1.60. The second-order valence-corrected chi connectivity index (χ2v) is 7.96. The summed E-state index contributed by atoms with van der Waals surface area (Å²) in [5.41, 5.74) is 6.54. The van der Waals surface area contributed by atoms with Crippen molar-refractivity contribution in [1.82, 2.24) is 15.1 Å². The normalized spacial score (nSPS) is 12.7. The Morgan fingerprint density at radius 2 is 1.78 bits per heavy atom. The van der Waals surface area contributed by atoms with Crippen molar-refractivity contribution in [1.29, 1.82) is 0 Å². The van der Waals surface area contributed by atoms with E-state index in [0.717, 1.165) is 33.8 Å². The first kappa shape index (κ1) is 21.4. The summed E-state index contributed by atoms with van der Waals surface area (Å²) < 4.78 is 12.6. The van der Waals surface area contributed by atoms with Crippen molar-refractivity contribution in [3.8, 4) is 11.5 Å². The van der Waals surface area contributed by atoms with Gasteiger partial charge >= 0.3 is 0 Å². The summed E-state index contributed by atoms with van der Waals surface area (Å²) in [6.07, 6.45) is 0. The van der Waals surface area contributed by atoms with Crippen LogP contribution in [0, 0.1) is 27.7 Å². The average molecular weight is 434 g/mol. The van der Waals surface area contributed by atoms with E-state index in [1.165, 1.54) is 0 Å². The molecule has 0 saturated carbocycles. The van der Waals surface area contributed by atoms with Crippen LogP contribution in [0.1, 0.15) is 38.4 Å². The lowest BCUT2D eigenvalue weighted by Crippen LogP contribution is -2.36. The molecule has 2 aromatic carbocycles. The van der Waals surface area contributed by atoms with Gasteiger partial charge in [0.05, 0.1) is 12.2 Å². The number of anilines is 1. The van der Waals surface area contributed by atoms with Crippen LogP contribution in [0.4, 0.5) is 5.69 Å². The number of carbonyl (C=O) groups is 1. The Kier molecular flexibility index (Phi) is 5.85. The van der Waals surface area contributed by atoms with Crippen LogP contribution in [0.25, 0.3) is 0 Å². The number of amides is 1. The van der Waals surface area contributed by atoms with Crippen LogP contribution in [0.2, 0.25) is 0 Å². The predicted molar refractivity (Wildman–Crippen MR) is 123 cm³/mol. The van der Waals surface area contributed by atoms with Crippen molar-refractivity contribution in [3.63, 3.8) is 0 Å². The fraction of sp³-hybridized carbons (Fsp3) is 0.292. The van der Waals surface area contributed by atoms with E-state index < -0.39 is 0 Å². The maximum absolute atomic E-state index is 13.0. The van der Waals surface area contributed by atoms with Crippen molar-refractivity contribution in [2.75, 3.05) is 12.1 Å². The van der Waals surface area contributed by atoms with Gasteiger partial charge in [-0.3, -0.25) is 14.8 Å². The molecule has 0 bridgehead atoms. The largest absolute Gasteiger partial charge is 0.454 e. The molecule has 0 fully saturated rings. The fourth-order valence-corrected chi connectivity index (χ4v) is 3.72. The summed E-state index contributed by atoms with van der Waals surface area (Å²) >= 11 is 0. The van der Waals surface area contributed by atoms with Crippen LogP contribution in [-0.4, -0.2) is 28.4 Å². The summed E-state index contributed by atoms with van der Waals surface area (Å²) in [5, 5.41) is 10.6. The highest BCUT2D eigenvalue weighted by Crippen LogP contribution is 2.32. The molecular formula is C24H27N5O3. The van der Waals surface area contributed by atoms with E-state index in [-0.39, 0.29) is 12.7 Å². The lowest BCUT2D eigenvalue weighted by molar-refractivity contribution is 0.0976. The molecule has 2 heterocycles. The van der Waals surface area contributed by atoms with E-state index >= 15 is 0 Å². The molecule has 0 saturated heterocycles. The summed E-state index contributed by atoms with van der Waals surface area (Å²) in [5.74, 6) is 1.25.